The zero-order chi connectivity index (χ0) is 18.4. The lowest BCUT2D eigenvalue weighted by Crippen LogP contribution is -2.24. The van der Waals surface area contributed by atoms with E-state index in [-0.39, 0.29) is 11.6 Å². The number of amides is 1. The van der Waals surface area contributed by atoms with Gasteiger partial charge in [0.2, 0.25) is 0 Å². The van der Waals surface area contributed by atoms with Crippen LogP contribution in [0.1, 0.15) is 5.56 Å². The SMILES string of the molecule is Cc1ccc(Cl)cc1NC(=O)COC(=O)COc1ccc(Cl)cc1Cl. The summed E-state index contributed by atoms with van der Waals surface area (Å²) in [4.78, 5) is 23.5. The molecule has 2 aromatic rings. The fourth-order valence-electron chi connectivity index (χ4n) is 1.83. The zero-order valence-electron chi connectivity index (χ0n) is 13.1. The van der Waals surface area contributed by atoms with Crippen LogP contribution in [0.5, 0.6) is 5.75 Å². The molecule has 1 amide bonds. The number of aryl methyl sites for hydroxylation is 1. The summed E-state index contributed by atoms with van der Waals surface area (Å²) >= 11 is 17.6. The highest BCUT2D eigenvalue weighted by molar-refractivity contribution is 6.35. The van der Waals surface area contributed by atoms with Gasteiger partial charge in [0, 0.05) is 15.7 Å². The maximum Gasteiger partial charge on any atom is 0.344 e. The Bertz CT molecular complexity index is 795. The van der Waals surface area contributed by atoms with Gasteiger partial charge in [-0.3, -0.25) is 4.79 Å². The largest absolute Gasteiger partial charge is 0.480 e. The van der Waals surface area contributed by atoms with E-state index in [0.29, 0.717) is 21.5 Å². The Morgan fingerprint density at radius 1 is 1.00 bits per heavy atom. The van der Waals surface area contributed by atoms with Crippen molar-refractivity contribution in [2.75, 3.05) is 18.5 Å². The first-order valence-corrected chi connectivity index (χ1v) is 8.28. The standard InChI is InChI=1S/C17H14Cl3NO4/c1-10-2-3-12(19)7-14(10)21-16(22)8-25-17(23)9-24-15-5-4-11(18)6-13(15)20/h2-7H,8-9H2,1H3,(H,21,22). The average Bonchev–Trinajstić information content (AvgIpc) is 2.55. The van der Waals surface area contributed by atoms with Crippen molar-refractivity contribution in [2.45, 2.75) is 6.92 Å². The fourth-order valence-corrected chi connectivity index (χ4v) is 2.47. The highest BCUT2D eigenvalue weighted by atomic mass is 35.5. The Labute approximate surface area is 159 Å². The summed E-state index contributed by atoms with van der Waals surface area (Å²) in [5, 5.41) is 3.83. The van der Waals surface area contributed by atoms with Gasteiger partial charge in [0.1, 0.15) is 5.75 Å². The van der Waals surface area contributed by atoms with Gasteiger partial charge < -0.3 is 14.8 Å². The number of esters is 1. The van der Waals surface area contributed by atoms with Gasteiger partial charge in [-0.15, -0.1) is 0 Å². The van der Waals surface area contributed by atoms with Gasteiger partial charge in [0.15, 0.2) is 13.2 Å². The van der Waals surface area contributed by atoms with Crippen LogP contribution in [0.2, 0.25) is 15.1 Å². The van der Waals surface area contributed by atoms with Crippen molar-refractivity contribution in [3.8, 4) is 5.75 Å². The molecule has 0 saturated carbocycles. The lowest BCUT2D eigenvalue weighted by atomic mass is 10.2. The van der Waals surface area contributed by atoms with E-state index in [4.69, 9.17) is 44.3 Å². The first kappa shape index (κ1) is 19.4. The van der Waals surface area contributed by atoms with Crippen LogP contribution in [-0.2, 0) is 14.3 Å². The molecule has 0 fully saturated rings. The molecule has 1 N–H and O–H groups in total. The number of hydrogen-bond acceptors (Lipinski definition) is 4. The second-order valence-electron chi connectivity index (χ2n) is 5.03. The number of ether oxygens (including phenoxy) is 2. The van der Waals surface area contributed by atoms with Crippen LogP contribution in [0.25, 0.3) is 0 Å². The van der Waals surface area contributed by atoms with Crippen molar-refractivity contribution in [1.82, 2.24) is 0 Å². The molecule has 0 heterocycles. The molecule has 0 saturated heterocycles. The minimum atomic E-state index is -0.705. The van der Waals surface area contributed by atoms with E-state index >= 15 is 0 Å². The molecule has 132 valence electrons. The Balaban J connectivity index is 1.79. The molecule has 0 atom stereocenters. The van der Waals surface area contributed by atoms with Crippen LogP contribution in [-0.4, -0.2) is 25.1 Å². The van der Waals surface area contributed by atoms with Gasteiger partial charge in [-0.1, -0.05) is 40.9 Å². The number of benzene rings is 2. The van der Waals surface area contributed by atoms with Crippen molar-refractivity contribution in [3.63, 3.8) is 0 Å². The molecular weight excluding hydrogens is 389 g/mol. The maximum atomic E-state index is 11.8. The second kappa shape index (κ2) is 8.94. The number of carbonyl (C=O) groups is 2. The second-order valence-corrected chi connectivity index (χ2v) is 6.31. The van der Waals surface area contributed by atoms with Crippen LogP contribution < -0.4 is 10.1 Å². The number of hydrogen-bond donors (Lipinski definition) is 1. The van der Waals surface area contributed by atoms with E-state index < -0.39 is 18.5 Å². The van der Waals surface area contributed by atoms with Gasteiger partial charge in [0.25, 0.3) is 5.91 Å². The topological polar surface area (TPSA) is 64.6 Å². The highest BCUT2D eigenvalue weighted by Crippen LogP contribution is 2.27. The third-order valence-corrected chi connectivity index (χ3v) is 3.84. The van der Waals surface area contributed by atoms with Gasteiger partial charge >= 0.3 is 5.97 Å². The molecule has 0 aliphatic heterocycles. The summed E-state index contributed by atoms with van der Waals surface area (Å²) in [6.45, 7) is 0.995. The molecule has 2 aromatic carbocycles. The van der Waals surface area contributed by atoms with E-state index in [9.17, 15) is 9.59 Å². The number of rotatable bonds is 6. The van der Waals surface area contributed by atoms with Crippen LogP contribution in [0.3, 0.4) is 0 Å². The van der Waals surface area contributed by atoms with E-state index in [1.165, 1.54) is 12.1 Å². The Morgan fingerprint density at radius 2 is 1.68 bits per heavy atom. The summed E-state index contributed by atoms with van der Waals surface area (Å²) in [5.41, 5.74) is 1.39. The van der Waals surface area contributed by atoms with Crippen molar-refractivity contribution >= 4 is 52.4 Å². The number of halogens is 3. The highest BCUT2D eigenvalue weighted by Gasteiger charge is 2.11. The molecule has 0 bridgehead atoms. The predicted molar refractivity (Wildman–Crippen MR) is 97.7 cm³/mol. The molecule has 5 nitrogen and oxygen atoms in total. The van der Waals surface area contributed by atoms with Crippen molar-refractivity contribution in [2.24, 2.45) is 0 Å². The van der Waals surface area contributed by atoms with Crippen LogP contribution >= 0.6 is 34.8 Å². The number of anilines is 1. The van der Waals surface area contributed by atoms with Crippen LogP contribution in [0, 0.1) is 6.92 Å². The molecule has 0 aromatic heterocycles. The van der Waals surface area contributed by atoms with Gasteiger partial charge in [-0.2, -0.15) is 0 Å². The first-order chi connectivity index (χ1) is 11.8. The predicted octanol–water partition coefficient (Wildman–Crippen LogP) is 4.52. The molecular formula is C17H14Cl3NO4. The summed E-state index contributed by atoms with van der Waals surface area (Å²) in [5.74, 6) is -0.894. The molecule has 0 spiro atoms. The molecule has 8 heteroatoms. The third-order valence-electron chi connectivity index (χ3n) is 3.08. The molecule has 2 rings (SSSR count). The Hall–Kier alpha value is -1.95. The number of nitrogens with one attached hydrogen (secondary N) is 1. The fraction of sp³-hybridized carbons (Fsp3) is 0.176. The summed E-state index contributed by atoms with van der Waals surface area (Å²) < 4.78 is 10.1. The van der Waals surface area contributed by atoms with Gasteiger partial charge in [0.05, 0.1) is 5.02 Å². The Morgan fingerprint density at radius 3 is 2.40 bits per heavy atom. The molecule has 0 aliphatic carbocycles. The van der Waals surface area contributed by atoms with Crippen LogP contribution in [0.4, 0.5) is 5.69 Å². The average molecular weight is 403 g/mol. The summed E-state index contributed by atoms with van der Waals surface area (Å²) in [7, 11) is 0. The quantitative estimate of drug-likeness (QED) is 0.722. The van der Waals surface area contributed by atoms with E-state index in [1.54, 1.807) is 24.3 Å². The smallest absolute Gasteiger partial charge is 0.344 e. The molecule has 0 aliphatic rings. The molecule has 0 radical (unpaired) electrons. The van der Waals surface area contributed by atoms with Gasteiger partial charge in [-0.25, -0.2) is 4.79 Å². The molecule has 25 heavy (non-hydrogen) atoms. The van der Waals surface area contributed by atoms with Crippen molar-refractivity contribution in [3.05, 3.63) is 57.0 Å². The minimum Gasteiger partial charge on any atom is -0.480 e. The van der Waals surface area contributed by atoms with Crippen molar-refractivity contribution in [1.29, 1.82) is 0 Å². The van der Waals surface area contributed by atoms with Crippen molar-refractivity contribution < 1.29 is 19.1 Å². The monoisotopic (exact) mass is 401 g/mol. The van der Waals surface area contributed by atoms with E-state index in [2.05, 4.69) is 5.32 Å². The summed E-state index contributed by atoms with van der Waals surface area (Å²) in [6.07, 6.45) is 0. The lowest BCUT2D eigenvalue weighted by molar-refractivity contribution is -0.149. The van der Waals surface area contributed by atoms with E-state index in [0.717, 1.165) is 5.56 Å². The Kier molecular flexibility index (Phi) is 6.93. The molecule has 0 unspecified atom stereocenters. The minimum absolute atomic E-state index is 0.273. The van der Waals surface area contributed by atoms with Gasteiger partial charge in [-0.05, 0) is 42.8 Å². The summed E-state index contributed by atoms with van der Waals surface area (Å²) in [6, 6.07) is 9.70. The van der Waals surface area contributed by atoms with Crippen LogP contribution in [0.15, 0.2) is 36.4 Å². The normalized spacial score (nSPS) is 10.2. The zero-order valence-corrected chi connectivity index (χ0v) is 15.4. The maximum absolute atomic E-state index is 11.8. The van der Waals surface area contributed by atoms with E-state index in [1.807, 2.05) is 6.92 Å². The first-order valence-electron chi connectivity index (χ1n) is 7.14. The number of carbonyl (C=O) groups excluding carboxylic acids is 2. The lowest BCUT2D eigenvalue weighted by Gasteiger charge is -2.10. The third kappa shape index (κ3) is 6.12.